The summed E-state index contributed by atoms with van der Waals surface area (Å²) in [5.74, 6) is 0.233. The molecule has 1 aromatic carbocycles. The van der Waals surface area contributed by atoms with Crippen LogP contribution in [0.2, 0.25) is 0 Å². The quantitative estimate of drug-likeness (QED) is 0.800. The summed E-state index contributed by atoms with van der Waals surface area (Å²) in [5, 5.41) is 3.63. The maximum absolute atomic E-state index is 13.0. The Morgan fingerprint density at radius 1 is 1.11 bits per heavy atom. The van der Waals surface area contributed by atoms with E-state index < -0.39 is 11.9 Å². The number of aryl methyl sites for hydroxylation is 1. The van der Waals surface area contributed by atoms with E-state index in [2.05, 4.69) is 29.4 Å². The molecule has 27 heavy (non-hydrogen) atoms. The molecule has 1 saturated heterocycles. The number of amides is 1. The van der Waals surface area contributed by atoms with E-state index in [9.17, 15) is 18.0 Å². The molecule has 146 valence electrons. The van der Waals surface area contributed by atoms with Crippen molar-refractivity contribution in [2.24, 2.45) is 0 Å². The molecule has 2 aromatic rings. The van der Waals surface area contributed by atoms with Crippen LogP contribution in [0.4, 0.5) is 13.2 Å². The molecule has 2 heterocycles. The molecular formula is C20H24F3N3O. The van der Waals surface area contributed by atoms with E-state index in [4.69, 9.17) is 0 Å². The van der Waals surface area contributed by atoms with Gasteiger partial charge in [-0.1, -0.05) is 29.8 Å². The first kappa shape index (κ1) is 19.5. The van der Waals surface area contributed by atoms with Crippen LogP contribution < -0.4 is 0 Å². The third kappa shape index (κ3) is 4.17. The highest BCUT2D eigenvalue weighted by molar-refractivity contribution is 5.76. The smallest absolute Gasteiger partial charge is 0.341 e. The summed E-state index contributed by atoms with van der Waals surface area (Å²) in [7, 11) is 0. The lowest BCUT2D eigenvalue weighted by Gasteiger charge is -2.32. The van der Waals surface area contributed by atoms with Crippen LogP contribution in [0.15, 0.2) is 24.3 Å². The zero-order chi connectivity index (χ0) is 19.8. The molecule has 0 spiro atoms. The largest absolute Gasteiger partial charge is 0.435 e. The molecule has 1 aliphatic heterocycles. The molecule has 3 rings (SSSR count). The summed E-state index contributed by atoms with van der Waals surface area (Å²) in [5.41, 5.74) is 2.04. The van der Waals surface area contributed by atoms with Crippen LogP contribution in [0.3, 0.4) is 0 Å². The van der Waals surface area contributed by atoms with Crippen LogP contribution in [0.5, 0.6) is 0 Å². The van der Waals surface area contributed by atoms with Gasteiger partial charge < -0.3 is 4.90 Å². The first-order valence-electron chi connectivity index (χ1n) is 9.12. The average molecular weight is 379 g/mol. The predicted octanol–water partition coefficient (Wildman–Crippen LogP) is 4.23. The Kier molecular flexibility index (Phi) is 5.31. The van der Waals surface area contributed by atoms with Gasteiger partial charge in [-0.05, 0) is 45.1 Å². The van der Waals surface area contributed by atoms with Crippen molar-refractivity contribution in [3.8, 4) is 0 Å². The van der Waals surface area contributed by atoms with Gasteiger partial charge in [0.25, 0.3) is 0 Å². The maximum Gasteiger partial charge on any atom is 0.435 e. The molecule has 1 amide bonds. The van der Waals surface area contributed by atoms with Crippen molar-refractivity contribution in [3.05, 3.63) is 52.3 Å². The standard InChI is InChI=1S/C20H24F3N3O/c1-13-4-6-16(7-5-13)17-8-10-25(11-9-17)18(27)12-26-15(3)14(2)19(24-26)20(21,22)23/h4-7,17H,8-12H2,1-3H3. The summed E-state index contributed by atoms with van der Waals surface area (Å²) in [4.78, 5) is 14.3. The van der Waals surface area contributed by atoms with Gasteiger partial charge in [0.15, 0.2) is 5.69 Å². The Labute approximate surface area is 157 Å². The van der Waals surface area contributed by atoms with Crippen molar-refractivity contribution in [1.29, 1.82) is 0 Å². The van der Waals surface area contributed by atoms with Crippen LogP contribution >= 0.6 is 0 Å². The Balaban J connectivity index is 1.63. The number of hydrogen-bond donors (Lipinski definition) is 0. The number of carbonyl (C=O) groups is 1. The highest BCUT2D eigenvalue weighted by atomic mass is 19.4. The van der Waals surface area contributed by atoms with Gasteiger partial charge in [0, 0.05) is 24.3 Å². The van der Waals surface area contributed by atoms with E-state index in [1.165, 1.54) is 22.7 Å². The summed E-state index contributed by atoms with van der Waals surface area (Å²) < 4.78 is 40.1. The molecule has 0 atom stereocenters. The van der Waals surface area contributed by atoms with Crippen LogP contribution in [0, 0.1) is 20.8 Å². The summed E-state index contributed by atoms with van der Waals surface area (Å²) >= 11 is 0. The molecule has 0 bridgehead atoms. The zero-order valence-electron chi connectivity index (χ0n) is 15.8. The Morgan fingerprint density at radius 3 is 2.22 bits per heavy atom. The van der Waals surface area contributed by atoms with Crippen molar-refractivity contribution in [3.63, 3.8) is 0 Å². The number of benzene rings is 1. The fraction of sp³-hybridized carbons (Fsp3) is 0.500. The fourth-order valence-electron chi connectivity index (χ4n) is 3.59. The maximum atomic E-state index is 13.0. The second-order valence-corrected chi connectivity index (χ2v) is 7.28. The van der Waals surface area contributed by atoms with Crippen molar-refractivity contribution < 1.29 is 18.0 Å². The van der Waals surface area contributed by atoms with Gasteiger partial charge in [0.05, 0.1) is 0 Å². The van der Waals surface area contributed by atoms with Gasteiger partial charge in [-0.25, -0.2) is 0 Å². The van der Waals surface area contributed by atoms with Crippen molar-refractivity contribution in [2.75, 3.05) is 13.1 Å². The lowest BCUT2D eigenvalue weighted by atomic mass is 9.89. The van der Waals surface area contributed by atoms with Crippen LogP contribution in [-0.4, -0.2) is 33.7 Å². The second kappa shape index (κ2) is 7.37. The fourth-order valence-corrected chi connectivity index (χ4v) is 3.59. The van der Waals surface area contributed by atoms with E-state index in [1.54, 1.807) is 11.8 Å². The Bertz CT molecular complexity index is 816. The first-order valence-corrected chi connectivity index (χ1v) is 9.12. The highest BCUT2D eigenvalue weighted by Crippen LogP contribution is 2.32. The molecule has 0 radical (unpaired) electrons. The number of halogens is 3. The minimum atomic E-state index is -4.50. The monoisotopic (exact) mass is 379 g/mol. The highest BCUT2D eigenvalue weighted by Gasteiger charge is 2.37. The molecule has 1 aromatic heterocycles. The number of carbonyl (C=O) groups excluding carboxylic acids is 1. The van der Waals surface area contributed by atoms with E-state index >= 15 is 0 Å². The van der Waals surface area contributed by atoms with Crippen LogP contribution in [-0.2, 0) is 17.5 Å². The van der Waals surface area contributed by atoms with Gasteiger partial charge in [-0.15, -0.1) is 0 Å². The van der Waals surface area contributed by atoms with E-state index in [0.29, 0.717) is 24.7 Å². The van der Waals surface area contributed by atoms with Crippen molar-refractivity contribution in [1.82, 2.24) is 14.7 Å². The van der Waals surface area contributed by atoms with Gasteiger partial charge in [0.2, 0.25) is 5.91 Å². The van der Waals surface area contributed by atoms with Gasteiger partial charge in [0.1, 0.15) is 6.54 Å². The van der Waals surface area contributed by atoms with Crippen LogP contribution in [0.1, 0.15) is 46.8 Å². The van der Waals surface area contributed by atoms with Crippen LogP contribution in [0.25, 0.3) is 0 Å². The van der Waals surface area contributed by atoms with Gasteiger partial charge in [-0.3, -0.25) is 9.48 Å². The lowest BCUT2D eigenvalue weighted by Crippen LogP contribution is -2.40. The lowest BCUT2D eigenvalue weighted by molar-refractivity contribution is -0.142. The number of alkyl halides is 3. The third-order valence-corrected chi connectivity index (χ3v) is 5.46. The number of nitrogens with zero attached hydrogens (tertiary/aromatic N) is 3. The van der Waals surface area contributed by atoms with Gasteiger partial charge in [-0.2, -0.15) is 18.3 Å². The number of hydrogen-bond acceptors (Lipinski definition) is 2. The topological polar surface area (TPSA) is 38.1 Å². The Hall–Kier alpha value is -2.31. The van der Waals surface area contributed by atoms with E-state index in [0.717, 1.165) is 12.8 Å². The SMILES string of the molecule is Cc1ccc(C2CCN(C(=O)Cn3nc(C(F)(F)F)c(C)c3C)CC2)cc1. The number of rotatable bonds is 3. The number of aromatic nitrogens is 2. The summed E-state index contributed by atoms with van der Waals surface area (Å²) in [6.07, 6.45) is -2.78. The van der Waals surface area contributed by atoms with Crippen molar-refractivity contribution >= 4 is 5.91 Å². The molecule has 0 saturated carbocycles. The van der Waals surface area contributed by atoms with E-state index in [-0.39, 0.29) is 18.0 Å². The minimum Gasteiger partial charge on any atom is -0.341 e. The molecular weight excluding hydrogens is 355 g/mol. The third-order valence-electron chi connectivity index (χ3n) is 5.46. The predicted molar refractivity (Wildman–Crippen MR) is 96.4 cm³/mol. The molecule has 4 nitrogen and oxygen atoms in total. The molecule has 1 fully saturated rings. The minimum absolute atomic E-state index is 0.0772. The Morgan fingerprint density at radius 2 is 1.70 bits per heavy atom. The molecule has 7 heteroatoms. The summed E-state index contributed by atoms with van der Waals surface area (Å²) in [6.45, 7) is 6.07. The molecule has 0 aliphatic carbocycles. The zero-order valence-corrected chi connectivity index (χ0v) is 15.8. The van der Waals surface area contributed by atoms with Gasteiger partial charge >= 0.3 is 6.18 Å². The second-order valence-electron chi connectivity index (χ2n) is 7.28. The molecule has 1 aliphatic rings. The normalized spacial score (nSPS) is 16.0. The van der Waals surface area contributed by atoms with E-state index in [1.807, 2.05) is 6.92 Å². The first-order chi connectivity index (χ1) is 12.7. The molecule has 0 N–H and O–H groups in total. The number of likely N-dealkylation sites (tertiary alicyclic amines) is 1. The number of piperidine rings is 1. The average Bonchev–Trinajstić information content (AvgIpc) is 2.91. The molecule has 0 unspecified atom stereocenters. The summed E-state index contributed by atoms with van der Waals surface area (Å²) in [6, 6.07) is 8.44. The van der Waals surface area contributed by atoms with Crippen molar-refractivity contribution in [2.45, 2.75) is 52.3 Å².